The van der Waals surface area contributed by atoms with E-state index >= 15 is 0 Å². The molecule has 0 spiro atoms. The molecule has 0 aliphatic carbocycles. The summed E-state index contributed by atoms with van der Waals surface area (Å²) >= 11 is 0. The number of rotatable bonds is 8. The highest BCUT2D eigenvalue weighted by Crippen LogP contribution is 2.39. The van der Waals surface area contributed by atoms with Crippen LogP contribution in [-0.4, -0.2) is 103 Å². The van der Waals surface area contributed by atoms with E-state index in [0.29, 0.717) is 75.5 Å². The van der Waals surface area contributed by atoms with E-state index in [1.807, 2.05) is 18.2 Å². The number of ketones is 1. The summed E-state index contributed by atoms with van der Waals surface area (Å²) in [5.41, 5.74) is 1.35. The van der Waals surface area contributed by atoms with Crippen LogP contribution in [0.2, 0.25) is 0 Å². The number of hydrogen-bond acceptors (Lipinski definition) is 11. The van der Waals surface area contributed by atoms with Gasteiger partial charge in [0.05, 0.1) is 19.8 Å². The summed E-state index contributed by atoms with van der Waals surface area (Å²) < 4.78 is 34.3. The van der Waals surface area contributed by atoms with Gasteiger partial charge in [-0.3, -0.25) is 14.6 Å². The number of carbonyl (C=O) groups excluding carboxylic acids is 5. The summed E-state index contributed by atoms with van der Waals surface area (Å²) in [6.45, 7) is 12.0. The Morgan fingerprint density at radius 1 is 0.679 bits per heavy atom. The minimum absolute atomic E-state index is 0.131. The predicted molar refractivity (Wildman–Crippen MR) is 194 cm³/mol. The van der Waals surface area contributed by atoms with Crippen LogP contribution in [0.1, 0.15) is 96.0 Å². The van der Waals surface area contributed by atoms with Crippen molar-refractivity contribution in [2.45, 2.75) is 110 Å². The number of esters is 2. The fourth-order valence-electron chi connectivity index (χ4n) is 6.45. The highest BCUT2D eigenvalue weighted by atomic mass is 16.6. The van der Waals surface area contributed by atoms with Gasteiger partial charge in [-0.1, -0.05) is 18.2 Å². The Hall–Kier alpha value is -4.81. The van der Waals surface area contributed by atoms with Gasteiger partial charge in [0.15, 0.2) is 12.4 Å². The van der Waals surface area contributed by atoms with Gasteiger partial charge in [0, 0.05) is 36.2 Å². The first kappa shape index (κ1) is 39.4. The maximum atomic E-state index is 13.2. The van der Waals surface area contributed by atoms with E-state index < -0.39 is 59.8 Å². The predicted octanol–water partition coefficient (Wildman–Crippen LogP) is 6.52. The average Bonchev–Trinajstić information content (AvgIpc) is 3.79. The lowest BCUT2D eigenvalue weighted by Crippen LogP contribution is -2.44. The van der Waals surface area contributed by atoms with Crippen LogP contribution in [0.5, 0.6) is 11.5 Å². The number of fused-ring (bicyclic) bond motifs is 3. The van der Waals surface area contributed by atoms with E-state index in [-0.39, 0.29) is 6.61 Å². The Morgan fingerprint density at radius 3 is 1.74 bits per heavy atom. The van der Waals surface area contributed by atoms with Gasteiger partial charge in [-0.25, -0.2) is 19.2 Å². The fraction of sp³-hybridized carbons (Fsp3) is 0.575. The van der Waals surface area contributed by atoms with Crippen LogP contribution in [0.4, 0.5) is 9.59 Å². The summed E-state index contributed by atoms with van der Waals surface area (Å²) in [4.78, 5) is 67.2. The molecular weight excluding hydrogens is 684 g/mol. The van der Waals surface area contributed by atoms with Crippen LogP contribution < -0.4 is 9.47 Å². The highest BCUT2D eigenvalue weighted by molar-refractivity contribution is 5.99. The SMILES string of the molecule is CC(C)(C)OC(=O)N1CCCC1C(=O)OCCc1ccc2c(c1)OCCCCOc1cc(C(=O)COC(=O)C3CCCN3C(=O)OC(C)(C)C)ccc1-2. The zero-order valence-electron chi connectivity index (χ0n) is 31.7. The van der Waals surface area contributed by atoms with Gasteiger partial charge in [0.1, 0.15) is 34.8 Å². The Labute approximate surface area is 311 Å². The number of ether oxygens (including phenoxy) is 6. The molecule has 2 saturated heterocycles. The number of Topliss-reactive ketones (excluding diaryl/α,β-unsaturated/α-hetero) is 1. The first-order valence-corrected chi connectivity index (χ1v) is 18.5. The number of carbonyl (C=O) groups is 5. The van der Waals surface area contributed by atoms with Gasteiger partial charge in [-0.15, -0.1) is 0 Å². The summed E-state index contributed by atoms with van der Waals surface area (Å²) in [5, 5.41) is 0. The number of nitrogens with zero attached hydrogens (tertiary/aromatic N) is 2. The molecule has 0 radical (unpaired) electrons. The first-order chi connectivity index (χ1) is 25.1. The van der Waals surface area contributed by atoms with Crippen molar-refractivity contribution in [1.29, 1.82) is 0 Å². The van der Waals surface area contributed by atoms with Crippen molar-refractivity contribution in [2.75, 3.05) is 39.5 Å². The molecule has 5 rings (SSSR count). The van der Waals surface area contributed by atoms with E-state index in [1.165, 1.54) is 9.80 Å². The Balaban J connectivity index is 1.22. The second-order valence-electron chi connectivity index (χ2n) is 15.6. The van der Waals surface area contributed by atoms with Crippen molar-refractivity contribution in [1.82, 2.24) is 9.80 Å². The van der Waals surface area contributed by atoms with E-state index in [2.05, 4.69) is 0 Å². The second-order valence-corrected chi connectivity index (χ2v) is 15.6. The minimum atomic E-state index is -0.806. The maximum Gasteiger partial charge on any atom is 0.411 e. The largest absolute Gasteiger partial charge is 0.493 e. The number of amides is 2. The zero-order chi connectivity index (χ0) is 38.3. The molecule has 0 bridgehead atoms. The lowest BCUT2D eigenvalue weighted by Gasteiger charge is -2.27. The molecule has 2 unspecified atom stereocenters. The summed E-state index contributed by atoms with van der Waals surface area (Å²) in [6.07, 6.45) is 3.12. The molecule has 3 aliphatic rings. The standard InChI is InChI=1S/C40H52N2O11/c1-39(2,3)52-37(46)41-18-9-11-30(41)35(44)50-22-17-26-13-15-28-29-16-14-27(24-34(29)49-21-8-7-20-48-33(28)23-26)32(43)25-51-36(45)31-12-10-19-42(31)38(47)53-40(4,5)6/h13-16,23-24,30-31H,7-12,17-22,25H2,1-6H3. The van der Waals surface area contributed by atoms with E-state index in [9.17, 15) is 24.0 Å². The quantitative estimate of drug-likeness (QED) is 0.166. The fourth-order valence-corrected chi connectivity index (χ4v) is 6.45. The Morgan fingerprint density at radius 2 is 1.19 bits per heavy atom. The van der Waals surface area contributed by atoms with E-state index in [1.54, 1.807) is 59.7 Å². The third-order valence-corrected chi connectivity index (χ3v) is 8.98. The molecule has 288 valence electrons. The molecule has 3 heterocycles. The van der Waals surface area contributed by atoms with Crippen molar-refractivity contribution in [2.24, 2.45) is 0 Å². The molecule has 2 fully saturated rings. The highest BCUT2D eigenvalue weighted by Gasteiger charge is 2.39. The molecule has 2 amide bonds. The van der Waals surface area contributed by atoms with Crippen molar-refractivity contribution in [3.05, 3.63) is 47.5 Å². The van der Waals surface area contributed by atoms with Gasteiger partial charge in [0.2, 0.25) is 0 Å². The van der Waals surface area contributed by atoms with Gasteiger partial charge >= 0.3 is 24.1 Å². The maximum absolute atomic E-state index is 13.2. The minimum Gasteiger partial charge on any atom is -0.493 e. The van der Waals surface area contributed by atoms with Gasteiger partial charge in [-0.2, -0.15) is 0 Å². The number of benzene rings is 2. The lowest BCUT2D eigenvalue weighted by molar-refractivity contribution is -0.149. The molecule has 0 aromatic heterocycles. The van der Waals surface area contributed by atoms with Crippen LogP contribution in [0.25, 0.3) is 11.1 Å². The monoisotopic (exact) mass is 736 g/mol. The van der Waals surface area contributed by atoms with Crippen molar-refractivity contribution >= 4 is 29.9 Å². The van der Waals surface area contributed by atoms with Gasteiger partial charge in [0.25, 0.3) is 0 Å². The summed E-state index contributed by atoms with van der Waals surface area (Å²) in [6, 6.07) is 9.38. The van der Waals surface area contributed by atoms with Crippen molar-refractivity contribution < 1.29 is 52.4 Å². The first-order valence-electron chi connectivity index (χ1n) is 18.5. The summed E-state index contributed by atoms with van der Waals surface area (Å²) in [5.74, 6) is -0.372. The molecule has 2 aromatic rings. The second kappa shape index (κ2) is 16.9. The summed E-state index contributed by atoms with van der Waals surface area (Å²) in [7, 11) is 0. The van der Waals surface area contributed by atoms with E-state index in [0.717, 1.165) is 29.5 Å². The smallest absolute Gasteiger partial charge is 0.411 e. The van der Waals surface area contributed by atoms with Gasteiger partial charge < -0.3 is 28.4 Å². The van der Waals surface area contributed by atoms with Crippen LogP contribution in [0.15, 0.2) is 36.4 Å². The Kier molecular flexibility index (Phi) is 12.6. The van der Waals surface area contributed by atoms with Crippen LogP contribution in [0, 0.1) is 0 Å². The van der Waals surface area contributed by atoms with Crippen LogP contribution >= 0.6 is 0 Å². The van der Waals surface area contributed by atoms with E-state index in [4.69, 9.17) is 28.4 Å². The molecule has 2 aromatic carbocycles. The molecule has 13 heteroatoms. The van der Waals surface area contributed by atoms with Crippen molar-refractivity contribution in [3.8, 4) is 22.6 Å². The molecule has 3 aliphatic heterocycles. The van der Waals surface area contributed by atoms with Crippen molar-refractivity contribution in [3.63, 3.8) is 0 Å². The molecule has 53 heavy (non-hydrogen) atoms. The lowest BCUT2D eigenvalue weighted by atomic mass is 9.98. The average molecular weight is 737 g/mol. The number of likely N-dealkylation sites (tertiary alicyclic amines) is 2. The zero-order valence-corrected chi connectivity index (χ0v) is 31.7. The third kappa shape index (κ3) is 10.6. The molecular formula is C40H52N2O11. The number of hydrogen-bond donors (Lipinski definition) is 0. The topological polar surface area (TPSA) is 147 Å². The molecule has 13 nitrogen and oxygen atoms in total. The van der Waals surface area contributed by atoms with Gasteiger partial charge in [-0.05, 0) is 104 Å². The third-order valence-electron chi connectivity index (χ3n) is 8.98. The molecule has 0 N–H and O–H groups in total. The van der Waals surface area contributed by atoms with Crippen LogP contribution in [-0.2, 0) is 35.0 Å². The van der Waals surface area contributed by atoms with Crippen LogP contribution in [0.3, 0.4) is 0 Å². The molecule has 2 atom stereocenters. The molecule has 0 saturated carbocycles. The normalized spacial score (nSPS) is 18.8. The Bertz CT molecular complexity index is 1680.